The zero-order valence-corrected chi connectivity index (χ0v) is 14.1. The second-order valence-corrected chi connectivity index (χ2v) is 6.49. The first-order valence-corrected chi connectivity index (χ1v) is 8.54. The van der Waals surface area contributed by atoms with Gasteiger partial charge in [-0.3, -0.25) is 0 Å². The Morgan fingerprint density at radius 2 is 2.00 bits per heavy atom. The van der Waals surface area contributed by atoms with Crippen LogP contribution in [0.5, 0.6) is 0 Å². The smallest absolute Gasteiger partial charge is 0.137 e. The lowest BCUT2D eigenvalue weighted by Gasteiger charge is -2.03. The lowest BCUT2D eigenvalue weighted by Crippen LogP contribution is -1.96. The molecular weight excluding hydrogens is 324 g/mol. The van der Waals surface area contributed by atoms with Gasteiger partial charge in [0.2, 0.25) is 0 Å². The molecule has 4 heterocycles. The number of H-pyrrole nitrogens is 2. The predicted octanol–water partition coefficient (Wildman–Crippen LogP) is 3.41. The van der Waals surface area contributed by atoms with Crippen molar-refractivity contribution >= 4 is 21.9 Å². The summed E-state index contributed by atoms with van der Waals surface area (Å²) in [5, 5.41) is 2.27. The van der Waals surface area contributed by atoms with Crippen LogP contribution < -0.4 is 5.73 Å². The van der Waals surface area contributed by atoms with Crippen molar-refractivity contribution < 1.29 is 0 Å². The van der Waals surface area contributed by atoms with Gasteiger partial charge in [0.25, 0.3) is 0 Å². The number of pyridine rings is 1. The molecule has 26 heavy (non-hydrogen) atoms. The molecule has 6 nitrogen and oxygen atoms in total. The Morgan fingerprint density at radius 3 is 2.92 bits per heavy atom. The first kappa shape index (κ1) is 14.9. The van der Waals surface area contributed by atoms with Crippen molar-refractivity contribution in [3.63, 3.8) is 0 Å². The highest BCUT2D eigenvalue weighted by Crippen LogP contribution is 2.22. The molecule has 0 amide bonds. The minimum Gasteiger partial charge on any atom is -0.357 e. The maximum absolute atomic E-state index is 5.71. The lowest BCUT2D eigenvalue weighted by atomic mass is 10.1. The Labute approximate surface area is 149 Å². The van der Waals surface area contributed by atoms with Crippen molar-refractivity contribution in [1.29, 1.82) is 0 Å². The summed E-state index contributed by atoms with van der Waals surface area (Å²) in [5.74, 6) is 0. The van der Waals surface area contributed by atoms with Gasteiger partial charge >= 0.3 is 0 Å². The maximum Gasteiger partial charge on any atom is 0.137 e. The number of rotatable bonds is 4. The van der Waals surface area contributed by atoms with Crippen LogP contribution in [0.4, 0.5) is 0 Å². The number of hydrogen-bond acceptors (Lipinski definition) is 3. The molecule has 0 aliphatic carbocycles. The summed E-state index contributed by atoms with van der Waals surface area (Å²) < 4.78 is 2.09. The zero-order chi connectivity index (χ0) is 17.5. The van der Waals surface area contributed by atoms with Crippen LogP contribution in [0.25, 0.3) is 33.2 Å². The van der Waals surface area contributed by atoms with E-state index >= 15 is 0 Å². The molecular formula is C20H18N6. The number of hydrogen-bond donors (Lipinski definition) is 3. The van der Waals surface area contributed by atoms with E-state index in [1.807, 2.05) is 24.8 Å². The summed E-state index contributed by atoms with van der Waals surface area (Å²) in [6.07, 6.45) is 7.66. The molecule has 0 atom stereocenters. The molecule has 0 aliphatic rings. The second kappa shape index (κ2) is 5.86. The first-order valence-electron chi connectivity index (χ1n) is 8.54. The van der Waals surface area contributed by atoms with Gasteiger partial charge in [0.1, 0.15) is 5.65 Å². The number of imidazole rings is 1. The molecule has 5 rings (SSSR count). The quantitative estimate of drug-likeness (QED) is 0.467. The third-order valence-electron chi connectivity index (χ3n) is 4.66. The van der Waals surface area contributed by atoms with Crippen molar-refractivity contribution in [2.75, 3.05) is 0 Å². The van der Waals surface area contributed by atoms with Crippen LogP contribution >= 0.6 is 0 Å². The fraction of sp³-hybridized carbons (Fsp3) is 0.100. The van der Waals surface area contributed by atoms with Crippen molar-refractivity contribution in [3.05, 3.63) is 72.6 Å². The van der Waals surface area contributed by atoms with Crippen LogP contribution in [0.1, 0.15) is 11.3 Å². The number of aromatic nitrogens is 5. The molecule has 5 aromatic rings. The van der Waals surface area contributed by atoms with Gasteiger partial charge in [-0.25, -0.2) is 9.97 Å². The first-order chi connectivity index (χ1) is 12.8. The fourth-order valence-corrected chi connectivity index (χ4v) is 3.33. The highest BCUT2D eigenvalue weighted by molar-refractivity contribution is 5.81. The number of nitrogens with two attached hydrogens (primary N) is 1. The molecule has 6 heteroatoms. The van der Waals surface area contributed by atoms with Crippen molar-refractivity contribution in [2.45, 2.75) is 13.1 Å². The lowest BCUT2D eigenvalue weighted by molar-refractivity contribution is 0.798. The number of benzene rings is 1. The summed E-state index contributed by atoms with van der Waals surface area (Å²) in [5.41, 5.74) is 11.9. The van der Waals surface area contributed by atoms with Gasteiger partial charge in [-0.05, 0) is 35.2 Å². The van der Waals surface area contributed by atoms with Gasteiger partial charge in [-0.2, -0.15) is 0 Å². The van der Waals surface area contributed by atoms with Crippen LogP contribution in [0.15, 0.2) is 61.3 Å². The van der Waals surface area contributed by atoms with Crippen molar-refractivity contribution in [1.82, 2.24) is 24.5 Å². The Kier molecular flexibility index (Phi) is 3.36. The van der Waals surface area contributed by atoms with Gasteiger partial charge in [-0.15, -0.1) is 0 Å². The minimum absolute atomic E-state index is 0.522. The van der Waals surface area contributed by atoms with Crippen LogP contribution in [-0.4, -0.2) is 24.5 Å². The highest BCUT2D eigenvalue weighted by Gasteiger charge is 2.06. The van der Waals surface area contributed by atoms with E-state index in [1.54, 1.807) is 0 Å². The number of nitrogens with one attached hydrogen (secondary N) is 2. The third kappa shape index (κ3) is 2.57. The van der Waals surface area contributed by atoms with Crippen molar-refractivity contribution in [2.24, 2.45) is 5.73 Å². The van der Waals surface area contributed by atoms with E-state index in [4.69, 9.17) is 5.73 Å². The molecule has 0 saturated heterocycles. The average molecular weight is 342 g/mol. The maximum atomic E-state index is 5.71. The number of nitrogens with zero attached hydrogens (tertiary/aromatic N) is 3. The second-order valence-electron chi connectivity index (χ2n) is 6.49. The number of aromatic amines is 2. The monoisotopic (exact) mass is 342 g/mol. The molecule has 0 saturated carbocycles. The minimum atomic E-state index is 0.522. The molecule has 0 unspecified atom stereocenters. The van der Waals surface area contributed by atoms with Crippen LogP contribution in [-0.2, 0) is 13.1 Å². The molecule has 0 radical (unpaired) electrons. The van der Waals surface area contributed by atoms with E-state index in [-0.39, 0.29) is 0 Å². The molecule has 128 valence electrons. The molecule has 4 aromatic heterocycles. The average Bonchev–Trinajstić information content (AvgIpc) is 3.39. The Hall–Kier alpha value is -3.38. The highest BCUT2D eigenvalue weighted by atomic mass is 15.0. The van der Waals surface area contributed by atoms with Crippen LogP contribution in [0.3, 0.4) is 0 Å². The Balaban J connectivity index is 1.42. The summed E-state index contributed by atoms with van der Waals surface area (Å²) in [4.78, 5) is 15.4. The molecule has 1 aromatic carbocycles. The number of fused-ring (bicyclic) bond motifs is 2. The molecule has 0 aliphatic heterocycles. The third-order valence-corrected chi connectivity index (χ3v) is 4.66. The fourth-order valence-electron chi connectivity index (χ4n) is 3.33. The Bertz CT molecular complexity index is 1210. The molecule has 0 spiro atoms. The molecule has 0 fully saturated rings. The van der Waals surface area contributed by atoms with E-state index in [1.165, 1.54) is 10.9 Å². The van der Waals surface area contributed by atoms with E-state index in [0.29, 0.717) is 6.54 Å². The summed E-state index contributed by atoms with van der Waals surface area (Å²) in [6, 6.07) is 12.7. The van der Waals surface area contributed by atoms with Crippen molar-refractivity contribution in [3.8, 4) is 11.3 Å². The van der Waals surface area contributed by atoms with E-state index in [0.717, 1.165) is 40.0 Å². The van der Waals surface area contributed by atoms with E-state index in [2.05, 4.69) is 61.0 Å². The molecule has 4 N–H and O–H groups in total. The normalized spacial score (nSPS) is 11.6. The van der Waals surface area contributed by atoms with Crippen LogP contribution in [0.2, 0.25) is 0 Å². The summed E-state index contributed by atoms with van der Waals surface area (Å²) in [6.45, 7) is 1.29. The largest absolute Gasteiger partial charge is 0.357 e. The van der Waals surface area contributed by atoms with Gasteiger partial charge in [0, 0.05) is 53.8 Å². The van der Waals surface area contributed by atoms with Crippen LogP contribution in [0, 0.1) is 0 Å². The van der Waals surface area contributed by atoms with Gasteiger partial charge in [0.05, 0.1) is 12.0 Å². The van der Waals surface area contributed by atoms with E-state index < -0.39 is 0 Å². The van der Waals surface area contributed by atoms with Gasteiger partial charge in [-0.1, -0.05) is 12.1 Å². The topological polar surface area (TPSA) is 88.3 Å². The SMILES string of the molecule is NCc1cc2ccc(Cn3cnc(-c4cnc5[nH]ccc5c4)c3)cc2[nH]1. The Morgan fingerprint density at radius 1 is 1.04 bits per heavy atom. The predicted molar refractivity (Wildman–Crippen MR) is 103 cm³/mol. The summed E-state index contributed by atoms with van der Waals surface area (Å²) in [7, 11) is 0. The summed E-state index contributed by atoms with van der Waals surface area (Å²) >= 11 is 0. The standard InChI is InChI=1S/C20H18N6/c21-8-17-7-14-2-1-13(5-18(14)25-17)10-26-11-19(24-12-26)16-6-15-3-4-22-20(15)23-9-16/h1-7,9,11-12,25H,8,10,21H2,(H,22,23). The van der Waals surface area contributed by atoms with Gasteiger partial charge < -0.3 is 20.3 Å². The van der Waals surface area contributed by atoms with E-state index in [9.17, 15) is 0 Å². The zero-order valence-electron chi connectivity index (χ0n) is 14.1. The van der Waals surface area contributed by atoms with Gasteiger partial charge in [0.15, 0.2) is 0 Å². The molecule has 0 bridgehead atoms.